The summed E-state index contributed by atoms with van der Waals surface area (Å²) in [5.41, 5.74) is 2.21. The van der Waals surface area contributed by atoms with Crippen LogP contribution < -0.4 is 10.1 Å². The van der Waals surface area contributed by atoms with Crippen molar-refractivity contribution in [3.8, 4) is 5.75 Å². The van der Waals surface area contributed by atoms with Gasteiger partial charge in [0.1, 0.15) is 5.75 Å². The van der Waals surface area contributed by atoms with Crippen LogP contribution in [-0.2, 0) is 11.3 Å². The van der Waals surface area contributed by atoms with Gasteiger partial charge < -0.3 is 10.1 Å². The summed E-state index contributed by atoms with van der Waals surface area (Å²) in [7, 11) is 0. The van der Waals surface area contributed by atoms with E-state index in [-0.39, 0.29) is 5.91 Å². The first kappa shape index (κ1) is 16.1. The van der Waals surface area contributed by atoms with Gasteiger partial charge in [0.15, 0.2) is 6.10 Å². The summed E-state index contributed by atoms with van der Waals surface area (Å²) < 4.78 is 5.72. The van der Waals surface area contributed by atoms with Crippen LogP contribution in [0.2, 0.25) is 0 Å². The summed E-state index contributed by atoms with van der Waals surface area (Å²) in [5, 5.41) is 5.30. The van der Waals surface area contributed by atoms with Crippen LogP contribution in [0.4, 0.5) is 0 Å². The normalized spacial score (nSPS) is 11.9. The first-order valence-electron chi connectivity index (χ1n) is 8.11. The molecule has 122 valence electrons. The summed E-state index contributed by atoms with van der Waals surface area (Å²) >= 11 is 0. The maximum Gasteiger partial charge on any atom is 0.261 e. The number of hydrogen-bond acceptors (Lipinski definition) is 2. The van der Waals surface area contributed by atoms with Crippen molar-refractivity contribution in [2.24, 2.45) is 0 Å². The van der Waals surface area contributed by atoms with Crippen molar-refractivity contribution in [2.45, 2.75) is 26.5 Å². The number of carbonyl (C=O) groups is 1. The van der Waals surface area contributed by atoms with Crippen LogP contribution in [0.25, 0.3) is 10.8 Å². The molecular weight excluding hydrogens is 298 g/mol. The predicted molar refractivity (Wildman–Crippen MR) is 97.1 cm³/mol. The van der Waals surface area contributed by atoms with Crippen molar-refractivity contribution in [3.05, 3.63) is 77.9 Å². The fraction of sp³-hybridized carbons (Fsp3) is 0.190. The third-order valence-corrected chi connectivity index (χ3v) is 4.00. The number of benzene rings is 3. The average molecular weight is 319 g/mol. The number of aryl methyl sites for hydroxylation is 1. The summed E-state index contributed by atoms with van der Waals surface area (Å²) in [6, 6.07) is 22.0. The Bertz CT molecular complexity index is 852. The van der Waals surface area contributed by atoms with Gasteiger partial charge >= 0.3 is 0 Å². The molecule has 0 aliphatic heterocycles. The van der Waals surface area contributed by atoms with E-state index in [0.29, 0.717) is 12.3 Å². The van der Waals surface area contributed by atoms with Crippen molar-refractivity contribution in [1.29, 1.82) is 0 Å². The van der Waals surface area contributed by atoms with Gasteiger partial charge in [-0.15, -0.1) is 0 Å². The van der Waals surface area contributed by atoms with Crippen LogP contribution in [0.1, 0.15) is 18.1 Å². The SMILES string of the molecule is Cc1cccc(OC(C)C(=O)NCc2cccc3ccccc23)c1. The zero-order valence-corrected chi connectivity index (χ0v) is 14.0. The van der Waals surface area contributed by atoms with Crippen LogP contribution in [0.15, 0.2) is 66.7 Å². The minimum atomic E-state index is -0.540. The van der Waals surface area contributed by atoms with Crippen LogP contribution in [-0.4, -0.2) is 12.0 Å². The Balaban J connectivity index is 1.64. The lowest BCUT2D eigenvalue weighted by Crippen LogP contribution is -2.35. The first-order valence-corrected chi connectivity index (χ1v) is 8.11. The highest BCUT2D eigenvalue weighted by atomic mass is 16.5. The van der Waals surface area contributed by atoms with Crippen molar-refractivity contribution in [2.75, 3.05) is 0 Å². The highest BCUT2D eigenvalue weighted by Gasteiger charge is 2.14. The van der Waals surface area contributed by atoms with Gasteiger partial charge in [0, 0.05) is 6.54 Å². The highest BCUT2D eigenvalue weighted by molar-refractivity contribution is 5.86. The van der Waals surface area contributed by atoms with E-state index in [9.17, 15) is 4.79 Å². The van der Waals surface area contributed by atoms with E-state index >= 15 is 0 Å². The van der Waals surface area contributed by atoms with E-state index in [1.165, 1.54) is 5.39 Å². The molecule has 3 aromatic carbocycles. The minimum absolute atomic E-state index is 0.121. The quantitative estimate of drug-likeness (QED) is 0.764. The summed E-state index contributed by atoms with van der Waals surface area (Å²) in [5.74, 6) is 0.590. The molecule has 0 saturated carbocycles. The van der Waals surface area contributed by atoms with Crippen LogP contribution in [0, 0.1) is 6.92 Å². The summed E-state index contributed by atoms with van der Waals surface area (Å²) in [6.07, 6.45) is -0.540. The molecule has 1 N–H and O–H groups in total. The molecule has 1 amide bonds. The smallest absolute Gasteiger partial charge is 0.261 e. The molecule has 0 aromatic heterocycles. The Morgan fingerprint density at radius 1 is 1.04 bits per heavy atom. The van der Waals surface area contributed by atoms with Gasteiger partial charge in [0.2, 0.25) is 0 Å². The zero-order valence-electron chi connectivity index (χ0n) is 14.0. The molecule has 0 saturated heterocycles. The van der Waals surface area contributed by atoms with Gasteiger partial charge in [-0.3, -0.25) is 4.79 Å². The Morgan fingerprint density at radius 2 is 1.79 bits per heavy atom. The third kappa shape index (κ3) is 3.74. The number of hydrogen-bond donors (Lipinski definition) is 1. The zero-order chi connectivity index (χ0) is 16.9. The third-order valence-electron chi connectivity index (χ3n) is 4.00. The van der Waals surface area contributed by atoms with Crippen LogP contribution in [0.3, 0.4) is 0 Å². The highest BCUT2D eigenvalue weighted by Crippen LogP contribution is 2.18. The van der Waals surface area contributed by atoms with E-state index < -0.39 is 6.10 Å². The molecule has 1 atom stereocenters. The molecule has 3 nitrogen and oxygen atoms in total. The molecule has 24 heavy (non-hydrogen) atoms. The van der Waals surface area contributed by atoms with E-state index in [0.717, 1.165) is 16.5 Å². The van der Waals surface area contributed by atoms with E-state index in [1.807, 2.05) is 55.5 Å². The van der Waals surface area contributed by atoms with E-state index in [1.54, 1.807) is 6.92 Å². The van der Waals surface area contributed by atoms with Gasteiger partial charge in [-0.2, -0.15) is 0 Å². The number of nitrogens with one attached hydrogen (secondary N) is 1. The average Bonchev–Trinajstić information content (AvgIpc) is 2.59. The van der Waals surface area contributed by atoms with Gasteiger partial charge in [0.05, 0.1) is 0 Å². The van der Waals surface area contributed by atoms with Gasteiger partial charge in [-0.05, 0) is 47.9 Å². The monoisotopic (exact) mass is 319 g/mol. The Kier molecular flexibility index (Phi) is 4.80. The number of ether oxygens (including phenoxy) is 1. The lowest BCUT2D eigenvalue weighted by molar-refractivity contribution is -0.127. The molecule has 0 spiro atoms. The van der Waals surface area contributed by atoms with E-state index in [4.69, 9.17) is 4.74 Å². The van der Waals surface area contributed by atoms with Crippen LogP contribution in [0.5, 0.6) is 5.75 Å². The fourth-order valence-electron chi connectivity index (χ4n) is 2.72. The van der Waals surface area contributed by atoms with E-state index in [2.05, 4.69) is 23.5 Å². The summed E-state index contributed by atoms with van der Waals surface area (Å²) in [6.45, 7) is 4.25. The Morgan fingerprint density at radius 3 is 2.62 bits per heavy atom. The topological polar surface area (TPSA) is 38.3 Å². The second kappa shape index (κ2) is 7.18. The Labute approximate surface area is 142 Å². The Hall–Kier alpha value is -2.81. The molecule has 3 heteroatoms. The lowest BCUT2D eigenvalue weighted by atomic mass is 10.0. The minimum Gasteiger partial charge on any atom is -0.481 e. The molecule has 3 aromatic rings. The number of carbonyl (C=O) groups excluding carboxylic acids is 1. The second-order valence-electron chi connectivity index (χ2n) is 5.93. The van der Waals surface area contributed by atoms with Crippen molar-refractivity contribution in [1.82, 2.24) is 5.32 Å². The fourth-order valence-corrected chi connectivity index (χ4v) is 2.72. The maximum atomic E-state index is 12.3. The molecule has 0 aliphatic rings. The van der Waals surface area contributed by atoms with Gasteiger partial charge in [-0.1, -0.05) is 54.6 Å². The number of fused-ring (bicyclic) bond motifs is 1. The van der Waals surface area contributed by atoms with Crippen molar-refractivity contribution < 1.29 is 9.53 Å². The van der Waals surface area contributed by atoms with Crippen LogP contribution >= 0.6 is 0 Å². The maximum absolute atomic E-state index is 12.3. The number of amides is 1. The molecular formula is C21H21NO2. The van der Waals surface area contributed by atoms with Gasteiger partial charge in [0.25, 0.3) is 5.91 Å². The summed E-state index contributed by atoms with van der Waals surface area (Å²) in [4.78, 5) is 12.3. The molecule has 3 rings (SSSR count). The molecule has 0 aliphatic carbocycles. The second-order valence-corrected chi connectivity index (χ2v) is 5.93. The first-order chi connectivity index (χ1) is 11.6. The number of rotatable bonds is 5. The molecule has 1 unspecified atom stereocenters. The van der Waals surface area contributed by atoms with Crippen molar-refractivity contribution in [3.63, 3.8) is 0 Å². The largest absolute Gasteiger partial charge is 0.481 e. The molecule has 0 fully saturated rings. The van der Waals surface area contributed by atoms with Gasteiger partial charge in [-0.25, -0.2) is 0 Å². The molecule has 0 radical (unpaired) electrons. The van der Waals surface area contributed by atoms with Crippen molar-refractivity contribution >= 4 is 16.7 Å². The molecule has 0 bridgehead atoms. The predicted octanol–water partition coefficient (Wildman–Crippen LogP) is 4.23. The standard InChI is InChI=1S/C21H21NO2/c1-15-7-5-11-19(13-15)24-16(2)21(23)22-14-18-10-6-9-17-8-3-4-12-20(17)18/h3-13,16H,14H2,1-2H3,(H,22,23). The lowest BCUT2D eigenvalue weighted by Gasteiger charge is -2.15. The molecule has 0 heterocycles.